The molecule has 0 aromatic heterocycles. The summed E-state index contributed by atoms with van der Waals surface area (Å²) in [5, 5.41) is 3.58. The highest BCUT2D eigenvalue weighted by molar-refractivity contribution is 5.57. The number of nitrogens with two attached hydrogens (primary N) is 1. The average Bonchev–Trinajstić information content (AvgIpc) is 3.23. The van der Waals surface area contributed by atoms with Gasteiger partial charge in [0.25, 0.3) is 0 Å². The lowest BCUT2D eigenvalue weighted by molar-refractivity contribution is -0.0737. The number of rotatable bonds is 14. The number of hydrogen-bond acceptors (Lipinski definition) is 4. The molecule has 0 heterocycles. The highest BCUT2D eigenvalue weighted by Crippen LogP contribution is 2.67. The molecule has 0 bridgehead atoms. The lowest BCUT2D eigenvalue weighted by Gasteiger charge is -2.63. The smallest absolute Gasteiger partial charge is 0.0672 e. The maximum Gasteiger partial charge on any atom is 0.0672 e. The van der Waals surface area contributed by atoms with Gasteiger partial charge in [-0.2, -0.15) is 0 Å². The largest absolute Gasteiger partial charge is 0.377 e. The Bertz CT molecular complexity index is 879. The van der Waals surface area contributed by atoms with E-state index in [2.05, 4.69) is 66.1 Å². The molecule has 3 N–H and O–H groups in total. The van der Waals surface area contributed by atoms with E-state index in [1.165, 1.54) is 64.2 Å². The second kappa shape index (κ2) is 13.3. The summed E-state index contributed by atoms with van der Waals surface area (Å²) >= 11 is 0. The van der Waals surface area contributed by atoms with Gasteiger partial charge in [-0.3, -0.25) is 4.99 Å². The van der Waals surface area contributed by atoms with Crippen molar-refractivity contribution in [2.75, 3.05) is 19.7 Å². The van der Waals surface area contributed by atoms with Gasteiger partial charge < -0.3 is 15.8 Å². The van der Waals surface area contributed by atoms with Crippen molar-refractivity contribution in [3.05, 3.63) is 11.6 Å². The minimum atomic E-state index is -0.0490. The summed E-state index contributed by atoms with van der Waals surface area (Å²) in [6.45, 7) is 19.1. The van der Waals surface area contributed by atoms with Crippen LogP contribution in [-0.2, 0) is 4.74 Å². The molecule has 4 aliphatic rings. The third-order valence-corrected chi connectivity index (χ3v) is 12.1. The van der Waals surface area contributed by atoms with Gasteiger partial charge in [0.2, 0.25) is 0 Å². The number of nitrogens with zero attached hydrogens (tertiary/aromatic N) is 1. The lowest BCUT2D eigenvalue weighted by Crippen LogP contribution is -2.66. The van der Waals surface area contributed by atoms with Crippen LogP contribution in [0.5, 0.6) is 0 Å². The third-order valence-electron chi connectivity index (χ3n) is 12.1. The Morgan fingerprint density at radius 2 is 1.93 bits per heavy atom. The molecule has 230 valence electrons. The van der Waals surface area contributed by atoms with Gasteiger partial charge in [-0.05, 0) is 119 Å². The molecule has 0 saturated heterocycles. The predicted molar refractivity (Wildman–Crippen MR) is 172 cm³/mol. The van der Waals surface area contributed by atoms with Gasteiger partial charge in [-0.15, -0.1) is 0 Å². The maximum atomic E-state index is 7.61. The van der Waals surface area contributed by atoms with E-state index in [9.17, 15) is 0 Å². The first kappa shape index (κ1) is 32.2. The number of aliphatic imine (C=N–C) groups is 1. The first-order chi connectivity index (χ1) is 18.9. The van der Waals surface area contributed by atoms with Crippen molar-refractivity contribution < 1.29 is 4.74 Å². The molecule has 0 aliphatic heterocycles. The summed E-state index contributed by atoms with van der Waals surface area (Å²) in [6.07, 6.45) is 23.0. The number of ether oxygens (including phenoxy) is 1. The van der Waals surface area contributed by atoms with Crippen LogP contribution in [0.2, 0.25) is 0 Å². The maximum absolute atomic E-state index is 7.61. The van der Waals surface area contributed by atoms with Gasteiger partial charge in [-0.1, -0.05) is 72.0 Å². The van der Waals surface area contributed by atoms with Crippen LogP contribution in [0.25, 0.3) is 0 Å². The minimum absolute atomic E-state index is 0.0119. The van der Waals surface area contributed by atoms with Gasteiger partial charge in [-0.25, -0.2) is 0 Å². The van der Waals surface area contributed by atoms with E-state index >= 15 is 0 Å². The molecule has 3 fully saturated rings. The molecule has 4 rings (SSSR count). The highest BCUT2D eigenvalue weighted by Gasteiger charge is 2.63. The van der Waals surface area contributed by atoms with Crippen molar-refractivity contribution in [1.82, 2.24) is 5.32 Å². The van der Waals surface area contributed by atoms with Crippen LogP contribution in [0.15, 0.2) is 16.6 Å². The van der Waals surface area contributed by atoms with Crippen LogP contribution in [-0.4, -0.2) is 43.1 Å². The Morgan fingerprint density at radius 1 is 1.12 bits per heavy atom. The zero-order valence-electron chi connectivity index (χ0n) is 27.5. The zero-order chi connectivity index (χ0) is 29.0. The van der Waals surface area contributed by atoms with Gasteiger partial charge in [0.1, 0.15) is 0 Å². The molecule has 3 saturated carbocycles. The Kier molecular flexibility index (Phi) is 10.7. The van der Waals surface area contributed by atoms with Crippen LogP contribution in [0.3, 0.4) is 0 Å². The van der Waals surface area contributed by atoms with E-state index in [1.807, 2.05) is 0 Å². The molecule has 4 heteroatoms. The molecular formula is C36H65N3O. The van der Waals surface area contributed by atoms with Crippen LogP contribution in [0, 0.1) is 34.5 Å². The molecule has 4 aliphatic carbocycles. The molecule has 0 amide bonds. The fourth-order valence-electron chi connectivity index (χ4n) is 9.69. The summed E-state index contributed by atoms with van der Waals surface area (Å²) in [6, 6.07) is 0. The van der Waals surface area contributed by atoms with Gasteiger partial charge >= 0.3 is 0 Å². The molecule has 0 aromatic rings. The number of fused-ring (bicyclic) bond motifs is 5. The quantitative estimate of drug-likeness (QED) is 0.128. The van der Waals surface area contributed by atoms with E-state index in [1.54, 1.807) is 5.57 Å². The second-order valence-electron chi connectivity index (χ2n) is 15.9. The number of unbranched alkanes of at least 4 members (excludes halogenated alkanes) is 2. The Morgan fingerprint density at radius 3 is 2.67 bits per heavy atom. The number of nitrogens with one attached hydrogen (secondary N) is 1. The van der Waals surface area contributed by atoms with Crippen LogP contribution < -0.4 is 11.1 Å². The predicted octanol–water partition coefficient (Wildman–Crippen LogP) is 8.49. The third kappa shape index (κ3) is 6.91. The van der Waals surface area contributed by atoms with Gasteiger partial charge in [0, 0.05) is 18.6 Å². The molecule has 7 atom stereocenters. The topological polar surface area (TPSA) is 59.6 Å². The van der Waals surface area contributed by atoms with Crippen molar-refractivity contribution in [3.8, 4) is 0 Å². The van der Waals surface area contributed by atoms with Crippen LogP contribution in [0.4, 0.5) is 0 Å². The molecule has 7 unspecified atom stereocenters. The fraction of sp³-hybridized carbons (Fsp3) is 0.917. The van der Waals surface area contributed by atoms with E-state index in [0.717, 1.165) is 57.2 Å². The van der Waals surface area contributed by atoms with E-state index < -0.39 is 0 Å². The van der Waals surface area contributed by atoms with Gasteiger partial charge in [0.05, 0.1) is 18.2 Å². The Labute approximate surface area is 248 Å². The summed E-state index contributed by atoms with van der Waals surface area (Å²) in [5.74, 6) is 3.05. The summed E-state index contributed by atoms with van der Waals surface area (Å²) in [5.41, 5.74) is 9.94. The molecule has 0 radical (unpaired) electrons. The van der Waals surface area contributed by atoms with E-state index in [0.29, 0.717) is 23.4 Å². The SMILES string of the molecule is CCCC=NC(C)(C)CNCCOC1CCC2(C)C(=CCC3(N)C2CCC2(C)C(CCCCC(C)C)CCC23)C1. The van der Waals surface area contributed by atoms with Crippen molar-refractivity contribution in [3.63, 3.8) is 0 Å². The monoisotopic (exact) mass is 556 g/mol. The van der Waals surface area contributed by atoms with Crippen molar-refractivity contribution >= 4 is 6.21 Å². The standard InChI is InChI=1S/C36H65N3O/c1-8-9-22-39-33(4,5)26-38-23-24-40-30-17-19-35(7)29(25-30)16-21-36(37)31-15-14-28(13-11-10-12-27(2)3)34(31,6)20-18-32(35)36/h16,22,27-28,30-32,38H,8-15,17-21,23-26,37H2,1-7H3. The van der Waals surface area contributed by atoms with Crippen molar-refractivity contribution in [2.24, 2.45) is 45.2 Å². The number of hydrogen-bond donors (Lipinski definition) is 2. The van der Waals surface area contributed by atoms with Crippen LogP contribution >= 0.6 is 0 Å². The normalized spacial score (nSPS) is 37.9. The first-order valence-corrected chi connectivity index (χ1v) is 17.3. The summed E-state index contributed by atoms with van der Waals surface area (Å²) in [4.78, 5) is 4.73. The van der Waals surface area contributed by atoms with Crippen molar-refractivity contribution in [2.45, 2.75) is 156 Å². The molecule has 40 heavy (non-hydrogen) atoms. The van der Waals surface area contributed by atoms with Crippen LogP contribution in [0.1, 0.15) is 138 Å². The zero-order valence-corrected chi connectivity index (χ0v) is 27.5. The molecular weight excluding hydrogens is 490 g/mol. The van der Waals surface area contributed by atoms with E-state index in [-0.39, 0.29) is 16.5 Å². The first-order valence-electron chi connectivity index (χ1n) is 17.3. The molecule has 0 spiro atoms. The summed E-state index contributed by atoms with van der Waals surface area (Å²) in [7, 11) is 0. The van der Waals surface area contributed by atoms with E-state index in [4.69, 9.17) is 15.5 Å². The average molecular weight is 556 g/mol. The fourth-order valence-corrected chi connectivity index (χ4v) is 9.69. The Balaban J connectivity index is 1.29. The highest BCUT2D eigenvalue weighted by atomic mass is 16.5. The molecule has 0 aromatic carbocycles. The summed E-state index contributed by atoms with van der Waals surface area (Å²) < 4.78 is 6.44. The second-order valence-corrected chi connectivity index (χ2v) is 15.9. The minimum Gasteiger partial charge on any atom is -0.377 e. The molecule has 4 nitrogen and oxygen atoms in total. The van der Waals surface area contributed by atoms with Gasteiger partial charge in [0.15, 0.2) is 0 Å². The lowest BCUT2D eigenvalue weighted by atomic mass is 9.44. The van der Waals surface area contributed by atoms with Crippen molar-refractivity contribution in [1.29, 1.82) is 0 Å². The Hall–Kier alpha value is -0.710.